The molecule has 534 valence electrons. The standard InChI is InChI=1S/C80H149NO10/c1-3-5-7-9-11-13-15-16-45-48-52-56-60-64-68-76(85)89-69-65-61-57-53-49-46-43-41-39-37-35-33-31-29-27-25-23-21-19-17-18-20-22-24-26-28-30-32-34-36-38-40-42-44-47-51-55-59-63-67-75(84)81-72(71-90-80-79(88)78(87)77(86)74(70-82)91-80)73(83)66-62-58-54-50-14-12-10-8-6-4-2/h9,11,15-18,62,66,72-74,77-80,82-83,86-88H,3-8,10,12-14,19-61,63-65,67-71H2,1-2H3,(H,81,84)/b11-9-,16-15-,18-17-,66-62+. The third-order valence-corrected chi connectivity index (χ3v) is 18.7. The van der Waals surface area contributed by atoms with E-state index in [9.17, 15) is 35.1 Å². The number of ether oxygens (including phenoxy) is 3. The Hall–Kier alpha value is -2.38. The normalized spacial score (nSPS) is 17.8. The minimum Gasteiger partial charge on any atom is -0.466 e. The van der Waals surface area contributed by atoms with Gasteiger partial charge in [0.25, 0.3) is 0 Å². The highest BCUT2D eigenvalue weighted by atomic mass is 16.7. The Morgan fingerprint density at radius 1 is 0.407 bits per heavy atom. The molecule has 7 unspecified atom stereocenters. The van der Waals surface area contributed by atoms with Crippen LogP contribution in [0.1, 0.15) is 386 Å². The molecule has 0 aromatic heterocycles. The molecule has 11 heteroatoms. The Bertz CT molecular complexity index is 1650. The lowest BCUT2D eigenvalue weighted by molar-refractivity contribution is -0.302. The van der Waals surface area contributed by atoms with Crippen LogP contribution in [0.2, 0.25) is 0 Å². The number of rotatable bonds is 70. The van der Waals surface area contributed by atoms with Gasteiger partial charge in [0, 0.05) is 12.8 Å². The van der Waals surface area contributed by atoms with Crippen molar-refractivity contribution in [3.63, 3.8) is 0 Å². The molecule has 1 rings (SSSR count). The molecule has 1 aliphatic heterocycles. The molecule has 0 radical (unpaired) electrons. The van der Waals surface area contributed by atoms with E-state index in [1.165, 1.54) is 295 Å². The Balaban J connectivity index is 1.86. The number of carbonyl (C=O) groups is 2. The van der Waals surface area contributed by atoms with Gasteiger partial charge in [0.15, 0.2) is 6.29 Å². The van der Waals surface area contributed by atoms with E-state index in [2.05, 4.69) is 55.6 Å². The third-order valence-electron chi connectivity index (χ3n) is 18.7. The minimum absolute atomic E-state index is 0.00224. The lowest BCUT2D eigenvalue weighted by atomic mass is 9.99. The number of carbonyl (C=O) groups excluding carboxylic acids is 2. The van der Waals surface area contributed by atoms with Crippen LogP contribution in [0.15, 0.2) is 48.6 Å². The van der Waals surface area contributed by atoms with Crippen LogP contribution >= 0.6 is 0 Å². The maximum absolute atomic E-state index is 13.0. The van der Waals surface area contributed by atoms with Gasteiger partial charge in [-0.1, -0.05) is 339 Å². The van der Waals surface area contributed by atoms with Gasteiger partial charge in [-0.2, -0.15) is 0 Å². The number of unbranched alkanes of at least 4 members (excludes halogenated alkanes) is 50. The number of hydrogen-bond acceptors (Lipinski definition) is 10. The fourth-order valence-electron chi connectivity index (χ4n) is 12.5. The first-order chi connectivity index (χ1) is 44.7. The number of nitrogens with one attached hydrogen (secondary N) is 1. The second-order valence-corrected chi connectivity index (χ2v) is 27.4. The van der Waals surface area contributed by atoms with Crippen LogP contribution in [-0.2, 0) is 23.8 Å². The van der Waals surface area contributed by atoms with E-state index in [0.717, 1.165) is 64.2 Å². The SMILES string of the molecule is CCCC/C=C\C/C=C\CCCCCCCC(=O)OCCCCCCCCCCCCCCCCCCCC/C=C\CCCCCCCCCCCCCCCCCCCC(=O)NC(COC1OC(CO)C(O)C(O)C1O)C(O)/C=C/CCCCCCCCCC. The fraction of sp³-hybridized carbons (Fsp3) is 0.875. The van der Waals surface area contributed by atoms with E-state index in [4.69, 9.17) is 14.2 Å². The molecule has 1 heterocycles. The van der Waals surface area contributed by atoms with Gasteiger partial charge in [0.1, 0.15) is 24.4 Å². The van der Waals surface area contributed by atoms with Crippen molar-refractivity contribution in [2.45, 2.75) is 429 Å². The van der Waals surface area contributed by atoms with E-state index in [0.29, 0.717) is 19.4 Å². The zero-order valence-corrected chi connectivity index (χ0v) is 59.6. The highest BCUT2D eigenvalue weighted by molar-refractivity contribution is 5.76. The van der Waals surface area contributed by atoms with Gasteiger partial charge in [-0.25, -0.2) is 0 Å². The Morgan fingerprint density at radius 2 is 0.747 bits per heavy atom. The smallest absolute Gasteiger partial charge is 0.305 e. The van der Waals surface area contributed by atoms with Crippen molar-refractivity contribution in [3.8, 4) is 0 Å². The molecule has 11 nitrogen and oxygen atoms in total. The highest BCUT2D eigenvalue weighted by Gasteiger charge is 2.44. The molecule has 91 heavy (non-hydrogen) atoms. The van der Waals surface area contributed by atoms with E-state index in [1.54, 1.807) is 6.08 Å². The summed E-state index contributed by atoms with van der Waals surface area (Å²) in [7, 11) is 0. The van der Waals surface area contributed by atoms with Crippen LogP contribution < -0.4 is 5.32 Å². The molecule has 0 aromatic carbocycles. The van der Waals surface area contributed by atoms with E-state index >= 15 is 0 Å². The van der Waals surface area contributed by atoms with Crippen molar-refractivity contribution >= 4 is 11.9 Å². The first-order valence-corrected chi connectivity index (χ1v) is 39.4. The Morgan fingerprint density at radius 3 is 1.15 bits per heavy atom. The van der Waals surface area contributed by atoms with Crippen molar-refractivity contribution in [2.24, 2.45) is 0 Å². The van der Waals surface area contributed by atoms with Crippen LogP contribution in [-0.4, -0.2) is 100 Å². The van der Waals surface area contributed by atoms with Crippen molar-refractivity contribution in [2.75, 3.05) is 19.8 Å². The molecule has 1 saturated heterocycles. The molecule has 0 bridgehead atoms. The quantitative estimate of drug-likeness (QED) is 0.0195. The second-order valence-electron chi connectivity index (χ2n) is 27.4. The average molecular weight is 1290 g/mol. The van der Waals surface area contributed by atoms with Crippen molar-refractivity contribution in [3.05, 3.63) is 48.6 Å². The number of hydrogen-bond donors (Lipinski definition) is 6. The number of allylic oxidation sites excluding steroid dienone is 7. The molecule has 6 N–H and O–H groups in total. The van der Waals surface area contributed by atoms with Crippen LogP contribution in [0, 0.1) is 0 Å². The molecular weight excluding hydrogens is 1130 g/mol. The van der Waals surface area contributed by atoms with Gasteiger partial charge >= 0.3 is 5.97 Å². The van der Waals surface area contributed by atoms with Gasteiger partial charge < -0.3 is 45.1 Å². The second kappa shape index (κ2) is 69.0. The number of esters is 1. The zero-order valence-electron chi connectivity index (χ0n) is 59.6. The van der Waals surface area contributed by atoms with Gasteiger partial charge in [-0.05, 0) is 83.5 Å². The van der Waals surface area contributed by atoms with Crippen LogP contribution in [0.25, 0.3) is 0 Å². The van der Waals surface area contributed by atoms with Crippen molar-refractivity contribution < 1.29 is 49.3 Å². The number of aliphatic hydroxyl groups excluding tert-OH is 5. The fourth-order valence-corrected chi connectivity index (χ4v) is 12.5. The maximum Gasteiger partial charge on any atom is 0.305 e. The molecule has 0 spiro atoms. The largest absolute Gasteiger partial charge is 0.466 e. The Labute approximate surface area is 561 Å². The van der Waals surface area contributed by atoms with Crippen LogP contribution in [0.5, 0.6) is 0 Å². The first-order valence-electron chi connectivity index (χ1n) is 39.4. The lowest BCUT2D eigenvalue weighted by Crippen LogP contribution is -2.60. The van der Waals surface area contributed by atoms with E-state index in [-0.39, 0.29) is 18.5 Å². The average Bonchev–Trinajstić information content (AvgIpc) is 1.14. The van der Waals surface area contributed by atoms with Crippen molar-refractivity contribution in [1.29, 1.82) is 0 Å². The summed E-state index contributed by atoms with van der Waals surface area (Å²) in [5.41, 5.74) is 0. The van der Waals surface area contributed by atoms with Gasteiger partial charge in [0.05, 0.1) is 32.0 Å². The molecule has 1 amide bonds. The number of amides is 1. The summed E-state index contributed by atoms with van der Waals surface area (Å²) in [6.07, 6.45) is 81.6. The molecule has 0 aliphatic carbocycles. The summed E-state index contributed by atoms with van der Waals surface area (Å²) in [5.74, 6) is -0.175. The molecule has 1 fully saturated rings. The molecule has 0 aromatic rings. The van der Waals surface area contributed by atoms with Gasteiger partial charge in [-0.15, -0.1) is 0 Å². The lowest BCUT2D eigenvalue weighted by Gasteiger charge is -2.40. The molecule has 1 aliphatic rings. The first kappa shape index (κ1) is 86.6. The summed E-state index contributed by atoms with van der Waals surface area (Å²) >= 11 is 0. The summed E-state index contributed by atoms with van der Waals surface area (Å²) in [4.78, 5) is 25.1. The predicted octanol–water partition coefficient (Wildman–Crippen LogP) is 21.1. The summed E-state index contributed by atoms with van der Waals surface area (Å²) in [5, 5.41) is 54.4. The topological polar surface area (TPSA) is 175 Å². The molecule has 7 atom stereocenters. The third kappa shape index (κ3) is 57.6. The summed E-state index contributed by atoms with van der Waals surface area (Å²) in [6.45, 7) is 4.32. The molecule has 0 saturated carbocycles. The van der Waals surface area contributed by atoms with E-state index < -0.39 is 49.5 Å². The van der Waals surface area contributed by atoms with E-state index in [1.807, 2.05) is 6.08 Å². The number of aliphatic hydroxyl groups is 5. The summed E-state index contributed by atoms with van der Waals surface area (Å²) in [6, 6.07) is -0.806. The van der Waals surface area contributed by atoms with Crippen LogP contribution in [0.3, 0.4) is 0 Å². The van der Waals surface area contributed by atoms with Gasteiger partial charge in [-0.3, -0.25) is 9.59 Å². The minimum atomic E-state index is -1.57. The molecular formula is C80H149NO10. The zero-order chi connectivity index (χ0) is 65.8. The predicted molar refractivity (Wildman–Crippen MR) is 384 cm³/mol. The maximum atomic E-state index is 13.0. The summed E-state index contributed by atoms with van der Waals surface area (Å²) < 4.78 is 16.7. The Kier molecular flexibility index (Phi) is 65.7. The van der Waals surface area contributed by atoms with Crippen molar-refractivity contribution in [1.82, 2.24) is 5.32 Å². The van der Waals surface area contributed by atoms with Gasteiger partial charge in [0.2, 0.25) is 5.91 Å². The highest BCUT2D eigenvalue weighted by Crippen LogP contribution is 2.24. The van der Waals surface area contributed by atoms with Crippen LogP contribution in [0.4, 0.5) is 0 Å². The monoisotopic (exact) mass is 1280 g/mol.